The first kappa shape index (κ1) is 11.3. The van der Waals surface area contributed by atoms with Gasteiger partial charge in [0.15, 0.2) is 5.69 Å². The lowest BCUT2D eigenvalue weighted by Crippen LogP contribution is -2.00. The van der Waals surface area contributed by atoms with E-state index in [0.717, 1.165) is 6.07 Å². The molecule has 14 heavy (non-hydrogen) atoms. The lowest BCUT2D eigenvalue weighted by Gasteiger charge is -2.02. The van der Waals surface area contributed by atoms with E-state index < -0.39 is 22.7 Å². The van der Waals surface area contributed by atoms with E-state index in [1.807, 2.05) is 0 Å². The Balaban J connectivity index is 3.44. The minimum absolute atomic E-state index is 0.113. The van der Waals surface area contributed by atoms with E-state index in [1.54, 1.807) is 0 Å². The summed E-state index contributed by atoms with van der Waals surface area (Å²) in [6.45, 7) is 0. The first-order valence-corrected chi connectivity index (χ1v) is 4.39. The molecule has 0 aliphatic carbocycles. The summed E-state index contributed by atoms with van der Waals surface area (Å²) in [5.74, 6) is 0. The van der Waals surface area contributed by atoms with Gasteiger partial charge in [-0.2, -0.15) is 0 Å². The topological polar surface area (TPSA) is 56.0 Å². The van der Waals surface area contributed by atoms with Crippen molar-refractivity contribution in [3.05, 3.63) is 31.5 Å². The zero-order valence-electron chi connectivity index (χ0n) is 6.38. The number of nitro groups is 1. The zero-order valence-corrected chi connectivity index (χ0v) is 8.72. The van der Waals surface area contributed by atoms with Crippen molar-refractivity contribution >= 4 is 33.2 Å². The summed E-state index contributed by atoms with van der Waals surface area (Å²) in [6, 6.07) is 1.09. The highest BCUT2D eigenvalue weighted by Crippen LogP contribution is 2.35. The zero-order chi connectivity index (χ0) is 10.9. The molecule has 0 aliphatic rings. The molecular formula is C6H2BrClF2N2O2. The molecular weight excluding hydrogens is 285 g/mol. The fourth-order valence-corrected chi connectivity index (χ4v) is 1.73. The minimum atomic E-state index is -3.04. The molecule has 76 valence electrons. The second-order valence-electron chi connectivity index (χ2n) is 2.22. The smallest absolute Gasteiger partial charge is 0.258 e. The van der Waals surface area contributed by atoms with Crippen LogP contribution in [0.3, 0.4) is 0 Å². The maximum atomic E-state index is 12.3. The van der Waals surface area contributed by atoms with Gasteiger partial charge in [-0.15, -0.1) is 0 Å². The number of aromatic nitrogens is 1. The summed E-state index contributed by atoms with van der Waals surface area (Å²) >= 11 is 8.14. The fourth-order valence-electron chi connectivity index (χ4n) is 0.828. The molecule has 0 radical (unpaired) electrons. The van der Waals surface area contributed by atoms with Crippen molar-refractivity contribution in [3.8, 4) is 0 Å². The summed E-state index contributed by atoms with van der Waals surface area (Å²) in [5.41, 5.74) is -1.70. The van der Waals surface area contributed by atoms with Crippen molar-refractivity contribution in [2.45, 2.75) is 6.43 Å². The first-order valence-electron chi connectivity index (χ1n) is 3.22. The average Bonchev–Trinajstić information content (AvgIpc) is 2.01. The molecule has 0 fully saturated rings. The van der Waals surface area contributed by atoms with Gasteiger partial charge in [-0.3, -0.25) is 10.1 Å². The quantitative estimate of drug-likeness (QED) is 0.476. The molecule has 0 unspecified atom stereocenters. The second-order valence-corrected chi connectivity index (χ2v) is 3.46. The number of alkyl halides is 2. The molecule has 1 aromatic heterocycles. The Bertz CT molecular complexity index is 388. The predicted molar refractivity (Wildman–Crippen MR) is 48.6 cm³/mol. The van der Waals surface area contributed by atoms with Gasteiger partial charge in [-0.1, -0.05) is 11.6 Å². The molecule has 0 spiro atoms. The van der Waals surface area contributed by atoms with Crippen molar-refractivity contribution in [2.75, 3.05) is 0 Å². The Kier molecular flexibility index (Phi) is 3.33. The molecule has 1 aromatic rings. The summed E-state index contributed by atoms with van der Waals surface area (Å²) in [5, 5.41) is 10.2. The van der Waals surface area contributed by atoms with Crippen LogP contribution in [0.4, 0.5) is 14.5 Å². The predicted octanol–water partition coefficient (Wildman–Crippen LogP) is 3.34. The number of nitrogens with zero attached hydrogens (tertiary/aromatic N) is 2. The standard InChI is InChI=1S/C6H2BrClF2N2O2/c7-2-1-3(8)11-4(6(9)10)5(2)12(13)14/h1,6H. The third-order valence-electron chi connectivity index (χ3n) is 1.33. The van der Waals surface area contributed by atoms with Gasteiger partial charge in [-0.05, 0) is 22.0 Å². The number of pyridine rings is 1. The van der Waals surface area contributed by atoms with E-state index >= 15 is 0 Å². The largest absolute Gasteiger partial charge is 0.310 e. The number of rotatable bonds is 2. The van der Waals surface area contributed by atoms with Crippen molar-refractivity contribution in [3.63, 3.8) is 0 Å². The lowest BCUT2D eigenvalue weighted by molar-refractivity contribution is -0.387. The van der Waals surface area contributed by atoms with Crippen molar-refractivity contribution < 1.29 is 13.7 Å². The third-order valence-corrected chi connectivity index (χ3v) is 2.13. The number of hydrogen-bond donors (Lipinski definition) is 0. The third kappa shape index (κ3) is 2.16. The number of hydrogen-bond acceptors (Lipinski definition) is 3. The van der Waals surface area contributed by atoms with Gasteiger partial charge in [0, 0.05) is 0 Å². The highest BCUT2D eigenvalue weighted by atomic mass is 79.9. The summed E-state index contributed by atoms with van der Waals surface area (Å²) in [6.07, 6.45) is -3.04. The molecule has 0 aliphatic heterocycles. The Hall–Kier alpha value is -0.820. The Morgan fingerprint density at radius 3 is 2.64 bits per heavy atom. The van der Waals surface area contributed by atoms with Gasteiger partial charge >= 0.3 is 5.69 Å². The van der Waals surface area contributed by atoms with Gasteiger partial charge in [0.1, 0.15) is 9.63 Å². The SMILES string of the molecule is O=[N+]([O-])c1c(Br)cc(Cl)nc1C(F)F. The van der Waals surface area contributed by atoms with Gasteiger partial charge in [0.05, 0.1) is 4.92 Å². The number of halogens is 4. The second kappa shape index (κ2) is 4.14. The minimum Gasteiger partial charge on any atom is -0.258 e. The monoisotopic (exact) mass is 286 g/mol. The van der Waals surface area contributed by atoms with Crippen LogP contribution in [0, 0.1) is 10.1 Å². The molecule has 1 rings (SSSR count). The van der Waals surface area contributed by atoms with Crippen LogP contribution in [0.5, 0.6) is 0 Å². The highest BCUT2D eigenvalue weighted by molar-refractivity contribution is 9.10. The van der Waals surface area contributed by atoms with Crippen molar-refractivity contribution in [2.24, 2.45) is 0 Å². The van der Waals surface area contributed by atoms with E-state index in [4.69, 9.17) is 11.6 Å². The van der Waals surface area contributed by atoms with Crippen LogP contribution in [0.15, 0.2) is 10.5 Å². The average molecular weight is 287 g/mol. The summed E-state index contributed by atoms with van der Waals surface area (Å²) in [4.78, 5) is 12.7. The molecule has 0 aromatic carbocycles. The normalized spacial score (nSPS) is 10.6. The fraction of sp³-hybridized carbons (Fsp3) is 0.167. The highest BCUT2D eigenvalue weighted by Gasteiger charge is 2.27. The van der Waals surface area contributed by atoms with Crippen LogP contribution in [0.2, 0.25) is 5.15 Å². The van der Waals surface area contributed by atoms with Gasteiger partial charge in [0.2, 0.25) is 0 Å². The molecule has 0 saturated carbocycles. The van der Waals surface area contributed by atoms with Gasteiger partial charge in [0.25, 0.3) is 6.43 Å². The lowest BCUT2D eigenvalue weighted by atomic mass is 10.3. The Morgan fingerprint density at radius 1 is 1.64 bits per heavy atom. The van der Waals surface area contributed by atoms with Crippen LogP contribution in [-0.2, 0) is 0 Å². The summed E-state index contributed by atoms with van der Waals surface area (Å²) in [7, 11) is 0. The Morgan fingerprint density at radius 2 is 2.21 bits per heavy atom. The van der Waals surface area contributed by atoms with Crippen LogP contribution >= 0.6 is 27.5 Å². The molecule has 0 amide bonds. The summed E-state index contributed by atoms with van der Waals surface area (Å²) < 4.78 is 24.5. The molecule has 1 heterocycles. The maximum Gasteiger partial charge on any atom is 0.310 e. The van der Waals surface area contributed by atoms with Crippen LogP contribution in [-0.4, -0.2) is 9.91 Å². The van der Waals surface area contributed by atoms with Crippen LogP contribution in [0.25, 0.3) is 0 Å². The van der Waals surface area contributed by atoms with Crippen LogP contribution in [0.1, 0.15) is 12.1 Å². The molecule has 4 nitrogen and oxygen atoms in total. The first-order chi connectivity index (χ1) is 6.43. The van der Waals surface area contributed by atoms with E-state index in [1.165, 1.54) is 0 Å². The van der Waals surface area contributed by atoms with E-state index in [2.05, 4.69) is 20.9 Å². The molecule has 0 saturated heterocycles. The van der Waals surface area contributed by atoms with E-state index in [-0.39, 0.29) is 9.63 Å². The van der Waals surface area contributed by atoms with Crippen LogP contribution < -0.4 is 0 Å². The Labute approximate surface area is 90.2 Å². The maximum absolute atomic E-state index is 12.3. The molecule has 8 heteroatoms. The van der Waals surface area contributed by atoms with Crippen molar-refractivity contribution in [1.29, 1.82) is 0 Å². The van der Waals surface area contributed by atoms with Gasteiger partial charge < -0.3 is 0 Å². The molecule has 0 bridgehead atoms. The molecule has 0 atom stereocenters. The molecule has 0 N–H and O–H groups in total. The van der Waals surface area contributed by atoms with Gasteiger partial charge in [-0.25, -0.2) is 13.8 Å². The van der Waals surface area contributed by atoms with E-state index in [0.29, 0.717) is 0 Å². The van der Waals surface area contributed by atoms with E-state index in [9.17, 15) is 18.9 Å². The van der Waals surface area contributed by atoms with Crippen molar-refractivity contribution in [1.82, 2.24) is 4.98 Å².